The lowest BCUT2D eigenvalue weighted by Crippen LogP contribution is -2.19. The molecule has 0 saturated heterocycles. The monoisotopic (exact) mass is 378 g/mol. The van der Waals surface area contributed by atoms with Crippen molar-refractivity contribution in [3.05, 3.63) is 40.7 Å². The van der Waals surface area contributed by atoms with Crippen LogP contribution in [0.5, 0.6) is 0 Å². The molecule has 0 spiro atoms. The zero-order chi connectivity index (χ0) is 18.6. The maximum Gasteiger partial charge on any atom is 0.275 e. The van der Waals surface area contributed by atoms with Crippen molar-refractivity contribution >= 4 is 46.6 Å². The lowest BCUT2D eigenvalue weighted by molar-refractivity contribution is -0.118. The molecule has 25 heavy (non-hydrogen) atoms. The van der Waals surface area contributed by atoms with Crippen LogP contribution in [0.1, 0.15) is 29.9 Å². The molecule has 1 aromatic carbocycles. The molecule has 6 nitrogen and oxygen atoms in total. The summed E-state index contributed by atoms with van der Waals surface area (Å²) in [5, 5.41) is 6.23. The van der Waals surface area contributed by atoms with Crippen LogP contribution in [0.3, 0.4) is 0 Å². The topological polar surface area (TPSA) is 84.0 Å². The van der Waals surface area contributed by atoms with Gasteiger partial charge in [-0.1, -0.05) is 43.3 Å². The van der Waals surface area contributed by atoms with Crippen LogP contribution in [0.2, 0.25) is 5.02 Å². The minimum absolute atomic E-state index is 0.0930. The normalized spacial score (nSPS) is 10.6. The largest absolute Gasteiger partial charge is 0.326 e. The summed E-state index contributed by atoms with van der Waals surface area (Å²) in [7, 11) is 0. The van der Waals surface area contributed by atoms with Gasteiger partial charge in [0.25, 0.3) is 5.91 Å². The third kappa shape index (κ3) is 4.93. The molecule has 0 fully saturated rings. The Bertz CT molecular complexity index is 811. The number of aryl methyl sites for hydroxylation is 1. The van der Waals surface area contributed by atoms with Crippen molar-refractivity contribution in [1.29, 1.82) is 0 Å². The van der Waals surface area contributed by atoms with E-state index in [0.29, 0.717) is 16.5 Å². The van der Waals surface area contributed by atoms with E-state index in [9.17, 15) is 9.59 Å². The highest BCUT2D eigenvalue weighted by Gasteiger charge is 2.16. The molecule has 132 valence electrons. The van der Waals surface area contributed by atoms with Crippen molar-refractivity contribution in [3.63, 3.8) is 0 Å². The molecular weight excluding hydrogens is 360 g/mol. The van der Waals surface area contributed by atoms with E-state index in [-0.39, 0.29) is 22.5 Å². The number of thioether (sulfide) groups is 1. The van der Waals surface area contributed by atoms with Gasteiger partial charge in [0.2, 0.25) is 5.91 Å². The summed E-state index contributed by atoms with van der Waals surface area (Å²) >= 11 is 7.36. The quantitative estimate of drug-likeness (QED) is 0.606. The molecule has 2 rings (SSSR count). The van der Waals surface area contributed by atoms with Crippen LogP contribution in [-0.4, -0.2) is 28.0 Å². The van der Waals surface area contributed by atoms with Crippen LogP contribution in [0, 0.1) is 12.8 Å². The molecule has 0 aliphatic heterocycles. The first-order valence-corrected chi connectivity index (χ1v) is 9.21. The second-order valence-corrected chi connectivity index (χ2v) is 6.86. The molecule has 0 saturated carbocycles. The first-order chi connectivity index (χ1) is 11.8. The van der Waals surface area contributed by atoms with E-state index < -0.39 is 5.91 Å². The summed E-state index contributed by atoms with van der Waals surface area (Å²) in [6.45, 7) is 5.48. The van der Waals surface area contributed by atoms with Crippen LogP contribution in [0.25, 0.3) is 0 Å². The molecule has 0 bridgehead atoms. The van der Waals surface area contributed by atoms with Crippen molar-refractivity contribution in [2.45, 2.75) is 25.9 Å². The number of halogens is 1. The first kappa shape index (κ1) is 19.2. The highest BCUT2D eigenvalue weighted by Crippen LogP contribution is 2.23. The third-order valence-electron chi connectivity index (χ3n) is 3.40. The van der Waals surface area contributed by atoms with E-state index in [0.717, 1.165) is 5.56 Å². The number of hydrogen-bond acceptors (Lipinski definition) is 5. The minimum Gasteiger partial charge on any atom is -0.326 e. The molecule has 0 aliphatic carbocycles. The molecule has 1 aromatic heterocycles. The van der Waals surface area contributed by atoms with E-state index in [4.69, 9.17) is 11.6 Å². The fourth-order valence-electron chi connectivity index (χ4n) is 1.91. The SMILES string of the molecule is CSc1ncc(Cl)c(C(=O)Nc2cc(NC(=O)C(C)C)ccc2C)n1. The van der Waals surface area contributed by atoms with Crippen molar-refractivity contribution in [3.8, 4) is 0 Å². The second kappa shape index (κ2) is 8.31. The molecule has 0 unspecified atom stereocenters. The molecule has 8 heteroatoms. The summed E-state index contributed by atoms with van der Waals surface area (Å²) in [5.41, 5.74) is 2.15. The van der Waals surface area contributed by atoms with Crippen LogP contribution in [0.15, 0.2) is 29.6 Å². The van der Waals surface area contributed by atoms with Gasteiger partial charge in [0, 0.05) is 17.3 Å². The molecular formula is C17H19ClN4O2S. The zero-order valence-corrected chi connectivity index (χ0v) is 16.0. The minimum atomic E-state index is -0.432. The van der Waals surface area contributed by atoms with E-state index >= 15 is 0 Å². The standard InChI is InChI=1S/C17H19ClN4O2S/c1-9(2)15(23)20-11-6-5-10(3)13(7-11)21-16(24)14-12(18)8-19-17(22-14)25-4/h5-9H,1-4H3,(H,20,23)(H,21,24). The van der Waals surface area contributed by atoms with Gasteiger partial charge in [-0.05, 0) is 30.9 Å². The van der Waals surface area contributed by atoms with Crippen LogP contribution in [0.4, 0.5) is 11.4 Å². The number of carbonyl (C=O) groups excluding carboxylic acids is 2. The van der Waals surface area contributed by atoms with Crippen LogP contribution < -0.4 is 10.6 Å². The lowest BCUT2D eigenvalue weighted by Gasteiger charge is -2.13. The van der Waals surface area contributed by atoms with Crippen molar-refractivity contribution in [1.82, 2.24) is 9.97 Å². The summed E-state index contributed by atoms with van der Waals surface area (Å²) in [6.07, 6.45) is 3.22. The van der Waals surface area contributed by atoms with Crippen LogP contribution in [-0.2, 0) is 4.79 Å². The number of nitrogens with zero attached hydrogens (tertiary/aromatic N) is 2. The second-order valence-electron chi connectivity index (χ2n) is 5.68. The highest BCUT2D eigenvalue weighted by atomic mass is 35.5. The van der Waals surface area contributed by atoms with E-state index in [1.54, 1.807) is 12.1 Å². The Labute approximate surface area is 155 Å². The number of hydrogen-bond donors (Lipinski definition) is 2. The Morgan fingerprint density at radius 2 is 1.96 bits per heavy atom. The molecule has 0 radical (unpaired) electrons. The number of aromatic nitrogens is 2. The fourth-order valence-corrected chi connectivity index (χ4v) is 2.43. The summed E-state index contributed by atoms with van der Waals surface area (Å²) in [5.74, 6) is -0.660. The smallest absolute Gasteiger partial charge is 0.275 e. The third-order valence-corrected chi connectivity index (χ3v) is 4.24. The van der Waals surface area contributed by atoms with Gasteiger partial charge in [-0.15, -0.1) is 0 Å². The number of amides is 2. The summed E-state index contributed by atoms with van der Waals surface area (Å²) in [4.78, 5) is 32.5. The Morgan fingerprint density at radius 1 is 1.24 bits per heavy atom. The number of anilines is 2. The number of carbonyl (C=O) groups is 2. The average Bonchev–Trinajstić information content (AvgIpc) is 2.58. The molecule has 2 aromatic rings. The summed E-state index contributed by atoms with van der Waals surface area (Å²) < 4.78 is 0. The Kier molecular flexibility index (Phi) is 6.39. The molecule has 1 heterocycles. The van der Waals surface area contributed by atoms with Gasteiger partial charge in [0.1, 0.15) is 0 Å². The molecule has 2 amide bonds. The molecule has 2 N–H and O–H groups in total. The number of rotatable bonds is 5. The number of nitrogens with one attached hydrogen (secondary N) is 2. The van der Waals surface area contributed by atoms with Crippen molar-refractivity contribution in [2.75, 3.05) is 16.9 Å². The zero-order valence-electron chi connectivity index (χ0n) is 14.4. The Hall–Kier alpha value is -2.12. The molecule has 0 aliphatic rings. The highest BCUT2D eigenvalue weighted by molar-refractivity contribution is 7.98. The first-order valence-electron chi connectivity index (χ1n) is 7.61. The van der Waals surface area contributed by atoms with Crippen molar-refractivity contribution < 1.29 is 9.59 Å². The van der Waals surface area contributed by atoms with E-state index in [1.165, 1.54) is 18.0 Å². The van der Waals surface area contributed by atoms with Gasteiger partial charge >= 0.3 is 0 Å². The number of benzene rings is 1. The fraction of sp³-hybridized carbons (Fsp3) is 0.294. The maximum absolute atomic E-state index is 12.5. The Morgan fingerprint density at radius 3 is 2.60 bits per heavy atom. The Balaban J connectivity index is 2.24. The predicted octanol–water partition coefficient (Wildman–Crippen LogP) is 4.01. The van der Waals surface area contributed by atoms with E-state index in [2.05, 4.69) is 20.6 Å². The predicted molar refractivity (Wildman–Crippen MR) is 101 cm³/mol. The van der Waals surface area contributed by atoms with Gasteiger partial charge < -0.3 is 10.6 Å². The van der Waals surface area contributed by atoms with Gasteiger partial charge in [-0.25, -0.2) is 9.97 Å². The van der Waals surface area contributed by atoms with Gasteiger partial charge in [0.15, 0.2) is 10.9 Å². The van der Waals surface area contributed by atoms with Crippen LogP contribution >= 0.6 is 23.4 Å². The van der Waals surface area contributed by atoms with Gasteiger partial charge in [-0.3, -0.25) is 9.59 Å². The van der Waals surface area contributed by atoms with Crippen molar-refractivity contribution in [2.24, 2.45) is 5.92 Å². The van der Waals surface area contributed by atoms with E-state index in [1.807, 2.05) is 33.1 Å². The molecule has 0 atom stereocenters. The summed E-state index contributed by atoms with van der Waals surface area (Å²) in [6, 6.07) is 5.31. The van der Waals surface area contributed by atoms with Gasteiger partial charge in [0.05, 0.1) is 11.2 Å². The average molecular weight is 379 g/mol. The lowest BCUT2D eigenvalue weighted by atomic mass is 10.1. The van der Waals surface area contributed by atoms with Gasteiger partial charge in [-0.2, -0.15) is 0 Å². The maximum atomic E-state index is 12.5.